The van der Waals surface area contributed by atoms with Crippen LogP contribution in [-0.4, -0.2) is 56.0 Å². The Morgan fingerprint density at radius 2 is 1.91 bits per heavy atom. The van der Waals surface area contributed by atoms with Crippen molar-refractivity contribution >= 4 is 31.7 Å². The number of carbonyl (C=O) groups is 3. The third kappa shape index (κ3) is 6.39. The van der Waals surface area contributed by atoms with Gasteiger partial charge in [0.1, 0.15) is 17.1 Å². The van der Waals surface area contributed by atoms with Crippen LogP contribution in [0.1, 0.15) is 39.1 Å². The molecule has 0 radical (unpaired) electrons. The summed E-state index contributed by atoms with van der Waals surface area (Å²) < 4.78 is 28.3. The Hall–Kier alpha value is -3.73. The Labute approximate surface area is 189 Å². The molecular weight excluding hydrogens is 434 g/mol. The Kier molecular flexibility index (Phi) is 8.14. The monoisotopic (exact) mass is 456 g/mol. The van der Waals surface area contributed by atoms with Crippen molar-refractivity contribution < 1.29 is 37.9 Å². The van der Waals surface area contributed by atoms with E-state index in [9.17, 15) is 23.8 Å². The normalized spacial score (nSPS) is 14.5. The number of esters is 2. The highest BCUT2D eigenvalue weighted by molar-refractivity contribution is 6.47. The van der Waals surface area contributed by atoms with E-state index in [2.05, 4.69) is 17.0 Å². The maximum Gasteiger partial charge on any atom is 0.547 e. The molecule has 1 atom stereocenters. The quantitative estimate of drug-likeness (QED) is 0.194. The molecular formula is C22H22BFN2O7. The lowest BCUT2D eigenvalue weighted by molar-refractivity contribution is -0.121. The molecule has 1 aliphatic heterocycles. The molecule has 11 heteroatoms. The minimum absolute atomic E-state index is 0.0335. The van der Waals surface area contributed by atoms with Gasteiger partial charge in [-0.2, -0.15) is 0 Å². The van der Waals surface area contributed by atoms with Crippen LogP contribution >= 0.6 is 0 Å². The summed E-state index contributed by atoms with van der Waals surface area (Å²) in [5, 5.41) is 13.0. The van der Waals surface area contributed by atoms with Gasteiger partial charge in [0.15, 0.2) is 0 Å². The third-order valence-corrected chi connectivity index (χ3v) is 4.87. The van der Waals surface area contributed by atoms with E-state index in [0.29, 0.717) is 18.5 Å². The number of aliphatic imine (C=N–C) groups is 1. The van der Waals surface area contributed by atoms with Gasteiger partial charge in [-0.25, -0.2) is 14.0 Å². The molecule has 2 aromatic rings. The number of benzene rings is 2. The first-order valence-electron chi connectivity index (χ1n) is 10.2. The van der Waals surface area contributed by atoms with Crippen LogP contribution in [0.3, 0.4) is 0 Å². The number of nitrogens with zero attached hydrogens (tertiary/aromatic N) is 1. The Morgan fingerprint density at radius 1 is 1.18 bits per heavy atom. The number of nitrogens with one attached hydrogen (secondary N) is 1. The zero-order valence-electron chi connectivity index (χ0n) is 17.7. The Balaban J connectivity index is 1.58. The van der Waals surface area contributed by atoms with Crippen molar-refractivity contribution in [3.8, 4) is 5.75 Å². The van der Waals surface area contributed by atoms with Crippen LogP contribution in [0.5, 0.6) is 5.75 Å². The number of amides is 1. The third-order valence-electron chi connectivity index (χ3n) is 4.87. The summed E-state index contributed by atoms with van der Waals surface area (Å²) in [7, 11) is -1.37. The zero-order chi connectivity index (χ0) is 23.8. The molecule has 9 nitrogen and oxygen atoms in total. The molecule has 0 unspecified atom stereocenters. The van der Waals surface area contributed by atoms with Gasteiger partial charge in [-0.05, 0) is 55.5 Å². The van der Waals surface area contributed by atoms with Crippen LogP contribution in [0, 0.1) is 5.82 Å². The number of para-hydroxylation sites is 1. The van der Waals surface area contributed by atoms with E-state index >= 15 is 0 Å². The van der Waals surface area contributed by atoms with Crippen molar-refractivity contribution in [2.75, 3.05) is 13.3 Å². The zero-order valence-corrected chi connectivity index (χ0v) is 17.7. The van der Waals surface area contributed by atoms with Crippen molar-refractivity contribution in [2.24, 2.45) is 4.99 Å². The molecule has 0 bridgehead atoms. The van der Waals surface area contributed by atoms with Gasteiger partial charge in [0, 0.05) is 13.0 Å². The number of carbonyl (C=O) groups excluding carboxylic acids is 3. The number of rotatable bonds is 9. The molecule has 2 N–H and O–H groups in total. The number of halogens is 1. The molecule has 1 aliphatic rings. The minimum Gasteiger partial charge on any atom is -0.534 e. The molecule has 3 rings (SSSR count). The lowest BCUT2D eigenvalue weighted by Gasteiger charge is -2.29. The maximum absolute atomic E-state index is 12.9. The molecule has 0 aliphatic carbocycles. The van der Waals surface area contributed by atoms with E-state index in [4.69, 9.17) is 14.1 Å². The van der Waals surface area contributed by atoms with Gasteiger partial charge in [0.2, 0.25) is 12.7 Å². The highest BCUT2D eigenvalue weighted by Gasteiger charge is 2.37. The van der Waals surface area contributed by atoms with E-state index in [1.165, 1.54) is 18.2 Å². The highest BCUT2D eigenvalue weighted by Crippen LogP contribution is 2.30. The van der Waals surface area contributed by atoms with E-state index in [0.717, 1.165) is 12.1 Å². The Morgan fingerprint density at radius 3 is 2.64 bits per heavy atom. The van der Waals surface area contributed by atoms with Crippen LogP contribution in [0.2, 0.25) is 0 Å². The average molecular weight is 456 g/mol. The predicted octanol–water partition coefficient (Wildman–Crippen LogP) is 1.72. The molecule has 2 aromatic carbocycles. The van der Waals surface area contributed by atoms with E-state index in [1.807, 2.05) is 0 Å². The van der Waals surface area contributed by atoms with Gasteiger partial charge in [0.25, 0.3) is 0 Å². The van der Waals surface area contributed by atoms with E-state index in [-0.39, 0.29) is 35.6 Å². The first kappa shape index (κ1) is 23.9. The fourth-order valence-corrected chi connectivity index (χ4v) is 3.22. The molecule has 1 amide bonds. The number of hydrogen-bond acceptors (Lipinski definition) is 8. The molecule has 0 spiro atoms. The topological polar surface area (TPSA) is 124 Å². The van der Waals surface area contributed by atoms with Gasteiger partial charge < -0.3 is 29.5 Å². The predicted molar refractivity (Wildman–Crippen MR) is 116 cm³/mol. The number of fused-ring (bicyclic) bond motifs is 1. The smallest absolute Gasteiger partial charge is 0.534 e. The molecule has 1 heterocycles. The van der Waals surface area contributed by atoms with Gasteiger partial charge in [-0.15, -0.1) is 0 Å². The van der Waals surface area contributed by atoms with Crippen LogP contribution in [0.15, 0.2) is 47.5 Å². The SMILES string of the molecule is C=NCCCC(=O)N[C@H]1Cc2cccc(C(=O)OCOC(=O)c3ccc(F)cc3)c2OB1O. The Bertz CT molecular complexity index is 1030. The molecule has 0 aromatic heterocycles. The standard InChI is InChI=1S/C22H22BFN2O7/c1-25-11-3-6-19(27)26-18-12-15-4-2-5-17(20(15)33-23(18)30)22(29)32-13-31-21(28)14-7-9-16(24)10-8-14/h2,4-5,7-10,18,30H,1,3,6,11-13H2,(H,26,27)/t18-/m0/s1. The molecule has 0 saturated heterocycles. The van der Waals surface area contributed by atoms with Crippen LogP contribution in [-0.2, 0) is 20.7 Å². The maximum atomic E-state index is 12.9. The molecule has 0 saturated carbocycles. The van der Waals surface area contributed by atoms with Gasteiger partial charge in [-0.3, -0.25) is 4.79 Å². The summed E-state index contributed by atoms with van der Waals surface area (Å²) in [6.45, 7) is 3.16. The van der Waals surface area contributed by atoms with Crippen molar-refractivity contribution in [3.05, 3.63) is 65.0 Å². The van der Waals surface area contributed by atoms with Crippen molar-refractivity contribution in [1.29, 1.82) is 0 Å². The van der Waals surface area contributed by atoms with Gasteiger partial charge >= 0.3 is 19.1 Å². The van der Waals surface area contributed by atoms with Crippen molar-refractivity contribution in [2.45, 2.75) is 25.2 Å². The lowest BCUT2D eigenvalue weighted by Crippen LogP contribution is -2.53. The summed E-state index contributed by atoms with van der Waals surface area (Å²) in [5.41, 5.74) is 0.729. The second kappa shape index (κ2) is 11.2. The second-order valence-electron chi connectivity index (χ2n) is 7.22. The average Bonchev–Trinajstić information content (AvgIpc) is 2.79. The largest absolute Gasteiger partial charge is 0.547 e. The first-order valence-corrected chi connectivity index (χ1v) is 10.2. The fourth-order valence-electron chi connectivity index (χ4n) is 3.22. The van der Waals surface area contributed by atoms with Crippen molar-refractivity contribution in [3.63, 3.8) is 0 Å². The van der Waals surface area contributed by atoms with Gasteiger partial charge in [-0.1, -0.05) is 12.1 Å². The molecule has 33 heavy (non-hydrogen) atoms. The lowest BCUT2D eigenvalue weighted by atomic mass is 9.72. The minimum atomic E-state index is -1.37. The number of hydrogen-bond donors (Lipinski definition) is 2. The van der Waals surface area contributed by atoms with E-state index < -0.39 is 37.6 Å². The summed E-state index contributed by atoms with van der Waals surface area (Å²) in [6.07, 6.45) is 1.01. The number of ether oxygens (including phenoxy) is 2. The first-order chi connectivity index (χ1) is 15.9. The van der Waals surface area contributed by atoms with Crippen LogP contribution in [0.25, 0.3) is 0 Å². The van der Waals surface area contributed by atoms with Crippen LogP contribution in [0.4, 0.5) is 4.39 Å². The van der Waals surface area contributed by atoms with E-state index in [1.54, 1.807) is 12.1 Å². The summed E-state index contributed by atoms with van der Waals surface area (Å²) in [5.74, 6) is -2.93. The summed E-state index contributed by atoms with van der Waals surface area (Å²) in [4.78, 5) is 40.1. The van der Waals surface area contributed by atoms with Crippen LogP contribution < -0.4 is 9.97 Å². The summed E-state index contributed by atoms with van der Waals surface area (Å²) in [6, 6.07) is 9.45. The van der Waals surface area contributed by atoms with Crippen molar-refractivity contribution in [1.82, 2.24) is 5.32 Å². The fraction of sp³-hybridized carbons (Fsp3) is 0.273. The summed E-state index contributed by atoms with van der Waals surface area (Å²) >= 11 is 0. The highest BCUT2D eigenvalue weighted by atomic mass is 19.1. The second-order valence-corrected chi connectivity index (χ2v) is 7.22. The molecule has 0 fully saturated rings. The van der Waals surface area contributed by atoms with Gasteiger partial charge in [0.05, 0.1) is 11.5 Å². The molecule has 172 valence electrons.